The van der Waals surface area contributed by atoms with Crippen LogP contribution in [0.4, 0.5) is 0 Å². The van der Waals surface area contributed by atoms with Crippen molar-refractivity contribution in [1.82, 2.24) is 9.80 Å². The molecule has 0 aliphatic carbocycles. The van der Waals surface area contributed by atoms with E-state index < -0.39 is 17.9 Å². The molecule has 3 aliphatic heterocycles. The Bertz CT molecular complexity index is 511. The number of aliphatic carboxylic acids is 1. The van der Waals surface area contributed by atoms with Crippen LogP contribution in [0.25, 0.3) is 0 Å². The predicted molar refractivity (Wildman–Crippen MR) is 77.6 cm³/mol. The number of fused-ring (bicyclic) bond motifs is 1. The molecule has 0 bridgehead atoms. The van der Waals surface area contributed by atoms with Crippen molar-refractivity contribution in [3.05, 3.63) is 0 Å². The van der Waals surface area contributed by atoms with E-state index in [0.717, 1.165) is 6.42 Å². The average Bonchev–Trinajstić information content (AvgIpc) is 3.04. The van der Waals surface area contributed by atoms with Gasteiger partial charge in [0, 0.05) is 25.3 Å². The lowest BCUT2D eigenvalue weighted by atomic mass is 9.99. The van der Waals surface area contributed by atoms with Crippen LogP contribution < -0.4 is 0 Å². The van der Waals surface area contributed by atoms with Crippen LogP contribution in [0.1, 0.15) is 26.7 Å². The van der Waals surface area contributed by atoms with Gasteiger partial charge in [0.2, 0.25) is 11.8 Å². The quantitative estimate of drug-likeness (QED) is 0.809. The summed E-state index contributed by atoms with van der Waals surface area (Å²) in [6.07, 6.45) is 1.29. The summed E-state index contributed by atoms with van der Waals surface area (Å²) in [5.41, 5.74) is 0. The van der Waals surface area contributed by atoms with Crippen molar-refractivity contribution in [2.45, 2.75) is 37.6 Å². The Hall–Kier alpha value is -1.24. The van der Waals surface area contributed by atoms with Gasteiger partial charge in [-0.25, -0.2) is 0 Å². The van der Waals surface area contributed by atoms with Crippen LogP contribution in [-0.2, 0) is 14.4 Å². The summed E-state index contributed by atoms with van der Waals surface area (Å²) in [5, 5.41) is 9.18. The minimum absolute atomic E-state index is 0.0406. The second-order valence-electron chi connectivity index (χ2n) is 6.43. The molecule has 116 valence electrons. The molecule has 0 saturated carbocycles. The molecular formula is C14H20N2O4S. The van der Waals surface area contributed by atoms with E-state index >= 15 is 0 Å². The van der Waals surface area contributed by atoms with Crippen LogP contribution >= 0.6 is 11.8 Å². The zero-order valence-electron chi connectivity index (χ0n) is 12.2. The average molecular weight is 312 g/mol. The highest BCUT2D eigenvalue weighted by atomic mass is 32.2. The van der Waals surface area contributed by atoms with E-state index in [4.69, 9.17) is 0 Å². The van der Waals surface area contributed by atoms with Gasteiger partial charge >= 0.3 is 5.97 Å². The Kier molecular flexibility index (Phi) is 3.43. The molecule has 7 heteroatoms. The molecule has 3 aliphatic rings. The highest BCUT2D eigenvalue weighted by Gasteiger charge is 2.54. The van der Waals surface area contributed by atoms with Crippen molar-refractivity contribution in [3.8, 4) is 0 Å². The van der Waals surface area contributed by atoms with E-state index in [1.165, 1.54) is 0 Å². The molecule has 3 saturated heterocycles. The minimum atomic E-state index is -0.847. The van der Waals surface area contributed by atoms with E-state index in [1.807, 2.05) is 13.8 Å². The van der Waals surface area contributed by atoms with Crippen LogP contribution in [0, 0.1) is 11.8 Å². The lowest BCUT2D eigenvalue weighted by Gasteiger charge is -2.31. The van der Waals surface area contributed by atoms with Crippen LogP contribution in [0.3, 0.4) is 0 Å². The van der Waals surface area contributed by atoms with E-state index in [0.29, 0.717) is 18.7 Å². The number of likely N-dealkylation sites (tertiary alicyclic amines) is 1. The standard InChI is InChI=1S/C14H20N2O4S/c1-8-5-15(6-9(8)13(19)20)12(18)10-7-21-14(2)4-3-11(17)16(10)14/h8-10H,3-7H2,1-2H3,(H,19,20)/t8-,9-,10?,14?/m1/s1. The van der Waals surface area contributed by atoms with Gasteiger partial charge in [-0.15, -0.1) is 11.8 Å². The molecule has 21 heavy (non-hydrogen) atoms. The normalized spacial score (nSPS) is 39.0. The van der Waals surface area contributed by atoms with E-state index in [9.17, 15) is 19.5 Å². The zero-order chi connectivity index (χ0) is 15.4. The zero-order valence-corrected chi connectivity index (χ0v) is 13.1. The molecule has 4 atom stereocenters. The van der Waals surface area contributed by atoms with E-state index in [2.05, 4.69) is 0 Å². The number of rotatable bonds is 2. The van der Waals surface area contributed by atoms with Crippen LogP contribution in [-0.4, -0.2) is 62.4 Å². The van der Waals surface area contributed by atoms with Gasteiger partial charge in [0.1, 0.15) is 6.04 Å². The maximum absolute atomic E-state index is 12.7. The summed E-state index contributed by atoms with van der Waals surface area (Å²) in [7, 11) is 0. The number of nitrogens with zero attached hydrogens (tertiary/aromatic N) is 2. The van der Waals surface area contributed by atoms with Gasteiger partial charge in [0.15, 0.2) is 0 Å². The molecule has 3 rings (SSSR count). The fraction of sp³-hybridized carbons (Fsp3) is 0.786. The minimum Gasteiger partial charge on any atom is -0.481 e. The maximum Gasteiger partial charge on any atom is 0.308 e. The largest absolute Gasteiger partial charge is 0.481 e. The number of carboxylic acid groups (broad SMARTS) is 1. The van der Waals surface area contributed by atoms with Crippen molar-refractivity contribution in [3.63, 3.8) is 0 Å². The molecule has 0 radical (unpaired) electrons. The Morgan fingerprint density at radius 3 is 2.71 bits per heavy atom. The fourth-order valence-corrected chi connectivity index (χ4v) is 5.11. The van der Waals surface area contributed by atoms with Gasteiger partial charge in [-0.3, -0.25) is 14.4 Å². The van der Waals surface area contributed by atoms with E-state index in [-0.39, 0.29) is 29.1 Å². The Balaban J connectivity index is 1.75. The second kappa shape index (κ2) is 4.90. The summed E-state index contributed by atoms with van der Waals surface area (Å²) >= 11 is 1.66. The molecule has 1 N–H and O–H groups in total. The van der Waals surface area contributed by atoms with Gasteiger partial charge in [-0.1, -0.05) is 6.92 Å². The van der Waals surface area contributed by atoms with Crippen LogP contribution in [0.2, 0.25) is 0 Å². The fourth-order valence-electron chi connectivity index (χ4n) is 3.68. The smallest absolute Gasteiger partial charge is 0.308 e. The van der Waals surface area contributed by atoms with Gasteiger partial charge in [-0.2, -0.15) is 0 Å². The van der Waals surface area contributed by atoms with Gasteiger partial charge in [0.05, 0.1) is 10.8 Å². The Morgan fingerprint density at radius 2 is 2.10 bits per heavy atom. The van der Waals surface area contributed by atoms with Crippen molar-refractivity contribution in [2.75, 3.05) is 18.8 Å². The first kappa shape index (κ1) is 14.7. The number of carboxylic acids is 1. The Labute approximate surface area is 127 Å². The molecule has 3 heterocycles. The first-order chi connectivity index (χ1) is 9.83. The number of hydrogen-bond acceptors (Lipinski definition) is 4. The third kappa shape index (κ3) is 2.22. The van der Waals surface area contributed by atoms with Crippen molar-refractivity contribution in [1.29, 1.82) is 0 Å². The number of hydrogen-bond donors (Lipinski definition) is 1. The molecule has 2 unspecified atom stereocenters. The highest BCUT2D eigenvalue weighted by molar-refractivity contribution is 8.01. The van der Waals surface area contributed by atoms with E-state index in [1.54, 1.807) is 21.6 Å². The van der Waals surface area contributed by atoms with Crippen molar-refractivity contribution in [2.24, 2.45) is 11.8 Å². The SMILES string of the molecule is C[C@@H]1CN(C(=O)C2CSC3(C)CCC(=O)N23)C[C@H]1C(=O)O. The summed E-state index contributed by atoms with van der Waals surface area (Å²) < 4.78 is 0. The lowest BCUT2D eigenvalue weighted by molar-refractivity contribution is -0.144. The van der Waals surface area contributed by atoms with Gasteiger partial charge < -0.3 is 14.9 Å². The summed E-state index contributed by atoms with van der Waals surface area (Å²) in [4.78, 5) is 39.1. The predicted octanol–water partition coefficient (Wildman–Crippen LogP) is 0.620. The molecule has 0 aromatic carbocycles. The first-order valence-corrected chi connectivity index (χ1v) is 8.30. The van der Waals surface area contributed by atoms with Crippen molar-refractivity contribution < 1.29 is 19.5 Å². The van der Waals surface area contributed by atoms with Gasteiger partial charge in [0.25, 0.3) is 0 Å². The first-order valence-electron chi connectivity index (χ1n) is 7.31. The van der Waals surface area contributed by atoms with Crippen LogP contribution in [0.15, 0.2) is 0 Å². The van der Waals surface area contributed by atoms with Gasteiger partial charge in [-0.05, 0) is 19.3 Å². The topological polar surface area (TPSA) is 77.9 Å². The molecule has 3 fully saturated rings. The molecule has 0 spiro atoms. The molecule has 6 nitrogen and oxygen atoms in total. The van der Waals surface area contributed by atoms with Crippen LogP contribution in [0.5, 0.6) is 0 Å². The molecule has 0 aromatic rings. The molecule has 2 amide bonds. The second-order valence-corrected chi connectivity index (χ2v) is 7.93. The third-order valence-corrected chi connectivity index (χ3v) is 6.48. The lowest BCUT2D eigenvalue weighted by Crippen LogP contribution is -2.51. The number of carbonyl (C=O) groups excluding carboxylic acids is 2. The highest BCUT2D eigenvalue weighted by Crippen LogP contribution is 2.47. The molecular weight excluding hydrogens is 292 g/mol. The molecule has 0 aromatic heterocycles. The number of thioether (sulfide) groups is 1. The Morgan fingerprint density at radius 1 is 1.38 bits per heavy atom. The monoisotopic (exact) mass is 312 g/mol. The summed E-state index contributed by atoms with van der Waals surface area (Å²) in [6, 6.07) is -0.422. The number of carbonyl (C=O) groups is 3. The number of amides is 2. The summed E-state index contributed by atoms with van der Waals surface area (Å²) in [5.74, 6) is -0.811. The summed E-state index contributed by atoms with van der Waals surface area (Å²) in [6.45, 7) is 4.61. The third-order valence-electron chi connectivity index (χ3n) is 4.97. The maximum atomic E-state index is 12.7. The van der Waals surface area contributed by atoms with Crippen molar-refractivity contribution >= 4 is 29.5 Å².